The molecule has 5 heteroatoms. The first-order chi connectivity index (χ1) is 14.0. The van der Waals surface area contributed by atoms with Gasteiger partial charge in [-0.25, -0.2) is 4.39 Å². The zero-order valence-electron chi connectivity index (χ0n) is 18.8. The van der Waals surface area contributed by atoms with Gasteiger partial charge in [0.1, 0.15) is 11.6 Å². The van der Waals surface area contributed by atoms with Crippen LogP contribution >= 0.6 is 10.3 Å². The second kappa shape index (κ2) is 8.37. The molecule has 0 fully saturated rings. The highest BCUT2D eigenvalue weighted by Gasteiger charge is 2.34. The highest BCUT2D eigenvalue weighted by Crippen LogP contribution is 2.54. The number of hydrogen-bond donors (Lipinski definition) is 1. The summed E-state index contributed by atoms with van der Waals surface area (Å²) in [7, 11) is 0.289. The minimum Gasteiger partial charge on any atom is -0.497 e. The Hall–Kier alpha value is -1.82. The van der Waals surface area contributed by atoms with Gasteiger partial charge < -0.3 is 14.0 Å². The van der Waals surface area contributed by atoms with Crippen molar-refractivity contribution in [1.29, 1.82) is 0 Å². The molecule has 0 saturated heterocycles. The summed E-state index contributed by atoms with van der Waals surface area (Å²) < 4.78 is 26.4. The molecular formula is C25H33FO3S. The maximum atomic E-state index is 14.7. The van der Waals surface area contributed by atoms with E-state index in [0.717, 1.165) is 11.1 Å². The third-order valence-corrected chi connectivity index (χ3v) is 9.78. The fraction of sp³-hybridized carbons (Fsp3) is 0.440. The first kappa shape index (κ1) is 22.9. The molecule has 164 valence electrons. The standard InChI is InChI=1S/C25H33FO3S/c1-24(2,3)30(5,6)29-17-18-9-11-20(21-16-19(28-4)10-12-23(21)26)22(15-18)25(27)13-7-8-14-25/h7-12,15-16,27H,13-14,17H2,1-6H3. The molecule has 1 aliphatic rings. The number of rotatable bonds is 6. The van der Waals surface area contributed by atoms with E-state index in [4.69, 9.17) is 8.92 Å². The van der Waals surface area contributed by atoms with Gasteiger partial charge in [0.2, 0.25) is 0 Å². The zero-order chi connectivity index (χ0) is 22.2. The van der Waals surface area contributed by atoms with E-state index in [1.54, 1.807) is 19.2 Å². The van der Waals surface area contributed by atoms with Gasteiger partial charge in [-0.1, -0.05) is 45.1 Å². The number of halogens is 1. The molecule has 0 saturated carbocycles. The van der Waals surface area contributed by atoms with E-state index in [1.165, 1.54) is 6.07 Å². The van der Waals surface area contributed by atoms with Gasteiger partial charge in [0, 0.05) is 10.3 Å². The second-order valence-corrected chi connectivity index (χ2v) is 13.2. The number of ether oxygens (including phenoxy) is 1. The molecule has 0 bridgehead atoms. The summed E-state index contributed by atoms with van der Waals surface area (Å²) in [5, 5.41) is 11.4. The molecule has 1 N–H and O–H groups in total. The smallest absolute Gasteiger partial charge is 0.131 e. The lowest BCUT2D eigenvalue weighted by molar-refractivity contribution is 0.0513. The van der Waals surface area contributed by atoms with Crippen molar-refractivity contribution < 1.29 is 18.4 Å². The molecule has 0 unspecified atom stereocenters. The zero-order valence-corrected chi connectivity index (χ0v) is 19.6. The summed E-state index contributed by atoms with van der Waals surface area (Å²) in [5.41, 5.74) is 1.76. The summed E-state index contributed by atoms with van der Waals surface area (Å²) in [6.45, 7) is 7.02. The average Bonchev–Trinajstić information content (AvgIpc) is 3.13. The van der Waals surface area contributed by atoms with Crippen molar-refractivity contribution >= 4 is 10.3 Å². The van der Waals surface area contributed by atoms with E-state index in [-0.39, 0.29) is 10.6 Å². The van der Waals surface area contributed by atoms with Crippen molar-refractivity contribution in [3.63, 3.8) is 0 Å². The third-order valence-electron chi connectivity index (χ3n) is 6.12. The normalized spacial score (nSPS) is 16.7. The van der Waals surface area contributed by atoms with E-state index in [9.17, 15) is 9.50 Å². The molecule has 2 aromatic carbocycles. The van der Waals surface area contributed by atoms with Crippen molar-refractivity contribution in [1.82, 2.24) is 0 Å². The molecule has 3 nitrogen and oxygen atoms in total. The fourth-order valence-corrected chi connectivity index (χ4v) is 4.18. The molecule has 0 spiro atoms. The van der Waals surface area contributed by atoms with Crippen molar-refractivity contribution in [3.8, 4) is 16.9 Å². The lowest BCUT2D eigenvalue weighted by atomic mass is 9.84. The molecule has 3 rings (SSSR count). The van der Waals surface area contributed by atoms with Gasteiger partial charge in [-0.3, -0.25) is 0 Å². The maximum absolute atomic E-state index is 14.7. The lowest BCUT2D eigenvalue weighted by Crippen LogP contribution is -2.25. The average molecular weight is 433 g/mol. The number of benzene rings is 2. The Balaban J connectivity index is 2.03. The van der Waals surface area contributed by atoms with E-state index >= 15 is 0 Å². The number of hydrogen-bond acceptors (Lipinski definition) is 3. The predicted molar refractivity (Wildman–Crippen MR) is 125 cm³/mol. The maximum Gasteiger partial charge on any atom is 0.131 e. The Bertz CT molecular complexity index is 936. The Kier molecular flexibility index (Phi) is 6.38. The van der Waals surface area contributed by atoms with Crippen LogP contribution in [0, 0.1) is 5.82 Å². The molecule has 1 aliphatic carbocycles. The van der Waals surface area contributed by atoms with Crippen LogP contribution in [0.1, 0.15) is 44.7 Å². The summed E-state index contributed by atoms with van der Waals surface area (Å²) in [5.74, 6) is 0.241. The van der Waals surface area contributed by atoms with Crippen LogP contribution in [0.25, 0.3) is 11.1 Å². The van der Waals surface area contributed by atoms with Crippen LogP contribution in [0.4, 0.5) is 4.39 Å². The Morgan fingerprint density at radius 3 is 2.30 bits per heavy atom. The first-order valence-corrected chi connectivity index (χ1v) is 12.6. The largest absolute Gasteiger partial charge is 0.497 e. The molecule has 0 heterocycles. The molecule has 0 atom stereocenters. The van der Waals surface area contributed by atoms with E-state index in [1.807, 2.05) is 30.4 Å². The minimum absolute atomic E-state index is 0.0626. The van der Waals surface area contributed by atoms with Crippen LogP contribution in [0.3, 0.4) is 0 Å². The highest BCUT2D eigenvalue weighted by atomic mass is 32.3. The Morgan fingerprint density at radius 2 is 1.70 bits per heavy atom. The Labute approximate surface area is 181 Å². The van der Waals surface area contributed by atoms with Crippen LogP contribution in [0.5, 0.6) is 5.75 Å². The third kappa shape index (κ3) is 4.58. The van der Waals surface area contributed by atoms with Crippen molar-refractivity contribution in [3.05, 3.63) is 65.5 Å². The van der Waals surface area contributed by atoms with Gasteiger partial charge in [0.05, 0.1) is 19.3 Å². The number of aliphatic hydroxyl groups is 1. The topological polar surface area (TPSA) is 38.7 Å². The molecule has 0 aliphatic heterocycles. The molecular weight excluding hydrogens is 399 g/mol. The van der Waals surface area contributed by atoms with Gasteiger partial charge in [0.15, 0.2) is 0 Å². The van der Waals surface area contributed by atoms with Crippen LogP contribution in [-0.2, 0) is 16.4 Å². The highest BCUT2D eigenvalue weighted by molar-refractivity contribution is 8.29. The summed E-state index contributed by atoms with van der Waals surface area (Å²) >= 11 is 0. The van der Waals surface area contributed by atoms with Crippen LogP contribution in [0.2, 0.25) is 0 Å². The van der Waals surface area contributed by atoms with Crippen LogP contribution in [0.15, 0.2) is 48.6 Å². The van der Waals surface area contributed by atoms with Gasteiger partial charge in [-0.05, 0) is 66.3 Å². The fourth-order valence-electron chi connectivity index (χ4n) is 3.39. The Morgan fingerprint density at radius 1 is 1.03 bits per heavy atom. The number of methoxy groups -OCH3 is 1. The van der Waals surface area contributed by atoms with Crippen molar-refractivity contribution in [2.45, 2.75) is 50.6 Å². The van der Waals surface area contributed by atoms with Gasteiger partial charge in [-0.2, -0.15) is 0 Å². The van der Waals surface area contributed by atoms with Crippen LogP contribution in [-0.4, -0.2) is 29.5 Å². The first-order valence-electron chi connectivity index (χ1n) is 10.2. The summed E-state index contributed by atoms with van der Waals surface area (Å²) in [4.78, 5) is 0. The quantitative estimate of drug-likeness (QED) is 0.542. The predicted octanol–water partition coefficient (Wildman–Crippen LogP) is 6.33. The van der Waals surface area contributed by atoms with Gasteiger partial charge in [0.25, 0.3) is 0 Å². The minimum atomic E-state index is -1.27. The van der Waals surface area contributed by atoms with Gasteiger partial charge >= 0.3 is 0 Å². The summed E-state index contributed by atoms with van der Waals surface area (Å²) in [6, 6.07) is 10.5. The molecule has 0 aromatic heterocycles. The molecule has 2 aromatic rings. The van der Waals surface area contributed by atoms with Crippen LogP contribution < -0.4 is 4.74 Å². The lowest BCUT2D eigenvalue weighted by Gasteiger charge is -2.43. The van der Waals surface area contributed by atoms with Gasteiger partial charge in [-0.15, -0.1) is 10.3 Å². The monoisotopic (exact) mass is 432 g/mol. The molecule has 0 amide bonds. The molecule has 30 heavy (non-hydrogen) atoms. The second-order valence-electron chi connectivity index (χ2n) is 9.24. The van der Waals surface area contributed by atoms with Crippen molar-refractivity contribution in [2.24, 2.45) is 0 Å². The van der Waals surface area contributed by atoms with E-state index in [0.29, 0.717) is 36.3 Å². The van der Waals surface area contributed by atoms with Crippen molar-refractivity contribution in [2.75, 3.05) is 19.6 Å². The molecule has 0 radical (unpaired) electrons. The SMILES string of the molecule is COc1ccc(F)c(-c2ccc(COS(C)(C)C(C)(C)C)cc2C2(O)CC=CC2)c1. The summed E-state index contributed by atoms with van der Waals surface area (Å²) in [6.07, 6.45) is 9.30. The van der Waals surface area contributed by atoms with E-state index in [2.05, 4.69) is 33.3 Å². The van der Waals surface area contributed by atoms with E-state index < -0.39 is 15.9 Å².